The van der Waals surface area contributed by atoms with Gasteiger partial charge in [-0.1, -0.05) is 18.2 Å². The van der Waals surface area contributed by atoms with E-state index in [0.29, 0.717) is 0 Å². The second-order valence-corrected chi connectivity index (χ2v) is 7.28. The van der Waals surface area contributed by atoms with Gasteiger partial charge in [0, 0.05) is 11.7 Å². The van der Waals surface area contributed by atoms with Crippen LogP contribution in [-0.4, -0.2) is 42.5 Å². The smallest absolute Gasteiger partial charge is 0.241 e. The minimum Gasteiger partial charge on any atom is -0.324 e. The summed E-state index contributed by atoms with van der Waals surface area (Å²) in [6.45, 7) is 3.32. The van der Waals surface area contributed by atoms with Gasteiger partial charge in [0.15, 0.2) is 0 Å². The Bertz CT molecular complexity index is 559. The van der Waals surface area contributed by atoms with Gasteiger partial charge in [-0.2, -0.15) is 0 Å². The van der Waals surface area contributed by atoms with E-state index in [1.54, 1.807) is 0 Å². The first kappa shape index (κ1) is 15.2. The number of rotatable bonds is 2. The van der Waals surface area contributed by atoms with Crippen LogP contribution in [0.25, 0.3) is 0 Å². The molecule has 1 amide bonds. The molecule has 0 aliphatic carbocycles. The molecule has 1 aromatic carbocycles. The maximum atomic E-state index is 12.6. The lowest BCUT2D eigenvalue weighted by Crippen LogP contribution is -2.49. The van der Waals surface area contributed by atoms with Crippen molar-refractivity contribution in [2.24, 2.45) is 5.92 Å². The van der Waals surface area contributed by atoms with E-state index in [-0.39, 0.29) is 11.9 Å². The van der Waals surface area contributed by atoms with Crippen LogP contribution >= 0.6 is 0 Å². The largest absolute Gasteiger partial charge is 0.324 e. The highest BCUT2D eigenvalue weighted by atomic mass is 16.2. The van der Waals surface area contributed by atoms with Crippen LogP contribution in [0.5, 0.6) is 0 Å². The van der Waals surface area contributed by atoms with Gasteiger partial charge in [-0.15, -0.1) is 0 Å². The molecule has 2 saturated heterocycles. The van der Waals surface area contributed by atoms with Gasteiger partial charge in [0.2, 0.25) is 5.91 Å². The Morgan fingerprint density at radius 2 is 1.87 bits per heavy atom. The lowest BCUT2D eigenvalue weighted by Gasteiger charge is -2.38. The Morgan fingerprint density at radius 1 is 1.04 bits per heavy atom. The Morgan fingerprint density at radius 3 is 2.65 bits per heavy atom. The molecule has 0 bridgehead atoms. The molecule has 124 valence electrons. The SMILES string of the molecule is O=C1Nc2ccccc2CCC1N1CCC(C2CCCN2)CC1. The molecule has 3 heterocycles. The van der Waals surface area contributed by atoms with Crippen LogP contribution in [0.1, 0.15) is 37.7 Å². The van der Waals surface area contributed by atoms with Crippen molar-refractivity contribution in [2.75, 3.05) is 25.0 Å². The van der Waals surface area contributed by atoms with Gasteiger partial charge in [-0.05, 0) is 75.7 Å². The molecule has 2 unspecified atom stereocenters. The topological polar surface area (TPSA) is 44.4 Å². The molecule has 0 saturated carbocycles. The predicted octanol–water partition coefficient (Wildman–Crippen LogP) is 2.40. The molecule has 4 heteroatoms. The molecular weight excluding hydrogens is 286 g/mol. The zero-order valence-corrected chi connectivity index (χ0v) is 13.8. The number of aryl methyl sites for hydroxylation is 1. The predicted molar refractivity (Wildman–Crippen MR) is 92.5 cm³/mol. The lowest BCUT2D eigenvalue weighted by atomic mass is 9.87. The summed E-state index contributed by atoms with van der Waals surface area (Å²) in [4.78, 5) is 15.1. The summed E-state index contributed by atoms with van der Waals surface area (Å²) in [6.07, 6.45) is 7.06. The van der Waals surface area contributed by atoms with Gasteiger partial charge in [0.1, 0.15) is 0 Å². The van der Waals surface area contributed by atoms with Crippen LogP contribution in [0.3, 0.4) is 0 Å². The number of anilines is 1. The number of carbonyl (C=O) groups excluding carboxylic acids is 1. The van der Waals surface area contributed by atoms with E-state index in [0.717, 1.165) is 43.6 Å². The maximum absolute atomic E-state index is 12.6. The van der Waals surface area contributed by atoms with Crippen molar-refractivity contribution in [2.45, 2.75) is 50.6 Å². The van der Waals surface area contributed by atoms with E-state index in [1.807, 2.05) is 12.1 Å². The van der Waals surface area contributed by atoms with Crippen molar-refractivity contribution in [3.05, 3.63) is 29.8 Å². The maximum Gasteiger partial charge on any atom is 0.241 e. The summed E-state index contributed by atoms with van der Waals surface area (Å²) in [7, 11) is 0. The number of fused-ring (bicyclic) bond motifs is 1. The standard InChI is InChI=1S/C19H27N3O/c23-19-18(8-7-14-4-1-2-5-17(14)21-19)22-12-9-15(10-13-22)16-6-3-11-20-16/h1-2,4-5,15-16,18,20H,3,6-13H2,(H,21,23). The zero-order valence-electron chi connectivity index (χ0n) is 13.8. The molecule has 4 nitrogen and oxygen atoms in total. The first-order valence-electron chi connectivity index (χ1n) is 9.17. The third-order valence-electron chi connectivity index (χ3n) is 5.95. The highest BCUT2D eigenvalue weighted by Gasteiger charge is 2.34. The minimum absolute atomic E-state index is 0.0416. The molecule has 3 aliphatic rings. The van der Waals surface area contributed by atoms with Gasteiger partial charge in [0.25, 0.3) is 0 Å². The van der Waals surface area contributed by atoms with Gasteiger partial charge in [-0.3, -0.25) is 9.69 Å². The summed E-state index contributed by atoms with van der Waals surface area (Å²) in [5.74, 6) is 0.993. The zero-order chi connectivity index (χ0) is 15.6. The van der Waals surface area contributed by atoms with E-state index in [4.69, 9.17) is 0 Å². The molecular formula is C19H27N3O. The van der Waals surface area contributed by atoms with Crippen molar-refractivity contribution in [3.8, 4) is 0 Å². The third-order valence-corrected chi connectivity index (χ3v) is 5.95. The first-order valence-corrected chi connectivity index (χ1v) is 9.17. The first-order chi connectivity index (χ1) is 11.3. The fourth-order valence-corrected chi connectivity index (χ4v) is 4.60. The monoisotopic (exact) mass is 313 g/mol. The van der Waals surface area contributed by atoms with Crippen LogP contribution in [0.2, 0.25) is 0 Å². The van der Waals surface area contributed by atoms with E-state index < -0.39 is 0 Å². The number of nitrogens with zero attached hydrogens (tertiary/aromatic N) is 1. The van der Waals surface area contributed by atoms with Gasteiger partial charge in [0.05, 0.1) is 6.04 Å². The molecule has 3 aliphatic heterocycles. The Hall–Kier alpha value is -1.39. The van der Waals surface area contributed by atoms with Crippen molar-refractivity contribution >= 4 is 11.6 Å². The van der Waals surface area contributed by atoms with Crippen molar-refractivity contribution in [1.29, 1.82) is 0 Å². The molecule has 23 heavy (non-hydrogen) atoms. The highest BCUT2D eigenvalue weighted by Crippen LogP contribution is 2.29. The van der Waals surface area contributed by atoms with E-state index >= 15 is 0 Å². The Kier molecular flexibility index (Phi) is 4.36. The molecule has 0 spiro atoms. The molecule has 2 fully saturated rings. The summed E-state index contributed by atoms with van der Waals surface area (Å²) in [5, 5.41) is 6.80. The number of hydrogen-bond donors (Lipinski definition) is 2. The summed E-state index contributed by atoms with van der Waals surface area (Å²) < 4.78 is 0. The molecule has 4 rings (SSSR count). The average molecular weight is 313 g/mol. The normalized spacial score (nSPS) is 29.8. The second kappa shape index (κ2) is 6.62. The fraction of sp³-hybridized carbons (Fsp3) is 0.632. The second-order valence-electron chi connectivity index (χ2n) is 7.28. The lowest BCUT2D eigenvalue weighted by molar-refractivity contribution is -0.122. The summed E-state index contributed by atoms with van der Waals surface area (Å²) in [5.41, 5.74) is 2.28. The van der Waals surface area contributed by atoms with Crippen LogP contribution in [0, 0.1) is 5.92 Å². The molecule has 1 aromatic rings. The summed E-state index contributed by atoms with van der Waals surface area (Å²) in [6, 6.07) is 8.98. The quantitative estimate of drug-likeness (QED) is 0.881. The molecule has 0 radical (unpaired) electrons. The van der Waals surface area contributed by atoms with Crippen LogP contribution < -0.4 is 10.6 Å². The van der Waals surface area contributed by atoms with Crippen molar-refractivity contribution in [3.63, 3.8) is 0 Å². The average Bonchev–Trinajstić information content (AvgIpc) is 3.06. The van der Waals surface area contributed by atoms with Gasteiger partial charge < -0.3 is 10.6 Å². The van der Waals surface area contributed by atoms with Crippen molar-refractivity contribution in [1.82, 2.24) is 10.2 Å². The number of amides is 1. The van der Waals surface area contributed by atoms with E-state index in [1.165, 1.54) is 37.8 Å². The van der Waals surface area contributed by atoms with E-state index in [9.17, 15) is 4.79 Å². The molecule has 0 aromatic heterocycles. The number of hydrogen-bond acceptors (Lipinski definition) is 3. The molecule has 2 N–H and O–H groups in total. The molecule has 2 atom stereocenters. The number of benzene rings is 1. The van der Waals surface area contributed by atoms with Gasteiger partial charge in [-0.25, -0.2) is 0 Å². The number of piperidine rings is 1. The summed E-state index contributed by atoms with van der Waals surface area (Å²) >= 11 is 0. The van der Waals surface area contributed by atoms with Crippen molar-refractivity contribution < 1.29 is 4.79 Å². The Balaban J connectivity index is 1.38. The number of carbonyl (C=O) groups is 1. The van der Waals surface area contributed by atoms with Gasteiger partial charge >= 0.3 is 0 Å². The van der Waals surface area contributed by atoms with Crippen LogP contribution in [0.4, 0.5) is 5.69 Å². The number of para-hydroxylation sites is 1. The highest BCUT2D eigenvalue weighted by molar-refractivity contribution is 5.96. The number of likely N-dealkylation sites (tertiary alicyclic amines) is 1. The minimum atomic E-state index is 0.0416. The fourth-order valence-electron chi connectivity index (χ4n) is 4.60. The Labute approximate surface area is 138 Å². The third kappa shape index (κ3) is 3.15. The van der Waals surface area contributed by atoms with Crippen LogP contribution in [-0.2, 0) is 11.2 Å². The number of nitrogens with one attached hydrogen (secondary N) is 2. The van der Waals surface area contributed by atoms with Crippen LogP contribution in [0.15, 0.2) is 24.3 Å². The van der Waals surface area contributed by atoms with E-state index in [2.05, 4.69) is 27.7 Å².